The van der Waals surface area contributed by atoms with Crippen LogP contribution in [0.15, 0.2) is 0 Å². The first kappa shape index (κ1) is 16.0. The summed E-state index contributed by atoms with van der Waals surface area (Å²) in [6.45, 7) is 10.8. The molecule has 1 N–H and O–H groups in total. The predicted molar refractivity (Wildman–Crippen MR) is 81.0 cm³/mol. The molecule has 0 aliphatic carbocycles. The van der Waals surface area contributed by atoms with E-state index in [-0.39, 0.29) is 0 Å². The third kappa shape index (κ3) is 4.24. The third-order valence-corrected chi connectivity index (χ3v) is 5.03. The second-order valence-corrected chi connectivity index (χ2v) is 6.22. The van der Waals surface area contributed by atoms with E-state index in [0.29, 0.717) is 6.04 Å². The van der Waals surface area contributed by atoms with E-state index in [1.807, 2.05) is 0 Å². The van der Waals surface area contributed by atoms with Crippen molar-refractivity contribution in [3.8, 4) is 0 Å². The maximum Gasteiger partial charge on any atom is 0.0117 e. The fourth-order valence-electron chi connectivity index (χ4n) is 3.45. The Morgan fingerprint density at radius 3 is 2.56 bits per heavy atom. The molecule has 1 saturated heterocycles. The van der Waals surface area contributed by atoms with Crippen molar-refractivity contribution in [3.05, 3.63) is 0 Å². The molecule has 0 aromatic heterocycles. The Kier molecular flexibility index (Phi) is 7.25. The Labute approximate surface area is 115 Å². The van der Waals surface area contributed by atoms with Crippen LogP contribution in [0.2, 0.25) is 0 Å². The molecule has 108 valence electrons. The van der Waals surface area contributed by atoms with Crippen molar-refractivity contribution >= 4 is 0 Å². The standard InChI is InChI=1S/C16H34N2/c1-6-7-8-9-10-13(2)18-12-11-16(17-5)14(3)15(18)4/h13-17H,6-12H2,1-5H3. The molecule has 0 radical (unpaired) electrons. The van der Waals surface area contributed by atoms with Gasteiger partial charge < -0.3 is 5.32 Å². The Morgan fingerprint density at radius 2 is 1.94 bits per heavy atom. The summed E-state index contributed by atoms with van der Waals surface area (Å²) in [5.41, 5.74) is 0. The third-order valence-electron chi connectivity index (χ3n) is 5.03. The number of hydrogen-bond donors (Lipinski definition) is 1. The number of nitrogens with one attached hydrogen (secondary N) is 1. The van der Waals surface area contributed by atoms with E-state index in [9.17, 15) is 0 Å². The van der Waals surface area contributed by atoms with Gasteiger partial charge in [-0.1, -0.05) is 39.5 Å². The smallest absolute Gasteiger partial charge is 0.0117 e. The molecule has 4 atom stereocenters. The minimum Gasteiger partial charge on any atom is -0.317 e. The summed E-state index contributed by atoms with van der Waals surface area (Å²) in [5, 5.41) is 3.48. The molecule has 0 aromatic rings. The lowest BCUT2D eigenvalue weighted by Crippen LogP contribution is -2.55. The average molecular weight is 254 g/mol. The van der Waals surface area contributed by atoms with Crippen molar-refractivity contribution in [2.45, 2.75) is 84.3 Å². The maximum absolute atomic E-state index is 3.48. The highest BCUT2D eigenvalue weighted by atomic mass is 15.2. The average Bonchev–Trinajstić information content (AvgIpc) is 2.37. The SMILES string of the molecule is CCCCCCC(C)N1CCC(NC)C(C)C1C. The molecule has 0 spiro atoms. The van der Waals surface area contributed by atoms with Crippen molar-refractivity contribution in [2.24, 2.45) is 5.92 Å². The van der Waals surface area contributed by atoms with Gasteiger partial charge in [0.05, 0.1) is 0 Å². The van der Waals surface area contributed by atoms with Crippen LogP contribution in [0.5, 0.6) is 0 Å². The van der Waals surface area contributed by atoms with Crippen LogP contribution < -0.4 is 5.32 Å². The largest absolute Gasteiger partial charge is 0.317 e. The lowest BCUT2D eigenvalue weighted by Gasteiger charge is -2.45. The minimum atomic E-state index is 0.712. The zero-order chi connectivity index (χ0) is 13.5. The Hall–Kier alpha value is -0.0800. The fourth-order valence-corrected chi connectivity index (χ4v) is 3.45. The van der Waals surface area contributed by atoms with Gasteiger partial charge in [-0.3, -0.25) is 4.90 Å². The van der Waals surface area contributed by atoms with Gasteiger partial charge in [0.1, 0.15) is 0 Å². The summed E-state index contributed by atoms with van der Waals surface area (Å²) >= 11 is 0. The molecule has 0 amide bonds. The molecule has 0 saturated carbocycles. The first-order valence-electron chi connectivity index (χ1n) is 8.04. The van der Waals surface area contributed by atoms with E-state index < -0.39 is 0 Å². The molecular formula is C16H34N2. The molecule has 18 heavy (non-hydrogen) atoms. The second-order valence-electron chi connectivity index (χ2n) is 6.22. The van der Waals surface area contributed by atoms with Gasteiger partial charge in [-0.05, 0) is 39.7 Å². The van der Waals surface area contributed by atoms with Crippen molar-refractivity contribution in [3.63, 3.8) is 0 Å². The van der Waals surface area contributed by atoms with Crippen LogP contribution >= 0.6 is 0 Å². The Bertz CT molecular complexity index is 217. The number of piperidine rings is 1. The number of unbranched alkanes of at least 4 members (excludes halogenated alkanes) is 3. The topological polar surface area (TPSA) is 15.3 Å². The van der Waals surface area contributed by atoms with E-state index in [4.69, 9.17) is 0 Å². The predicted octanol–water partition coefficient (Wildman–Crippen LogP) is 3.66. The summed E-state index contributed by atoms with van der Waals surface area (Å²) in [7, 11) is 2.11. The molecule has 1 aliphatic heterocycles. The Balaban J connectivity index is 2.36. The minimum absolute atomic E-state index is 0.712. The summed E-state index contributed by atoms with van der Waals surface area (Å²) in [6, 6.07) is 2.19. The number of nitrogens with zero attached hydrogens (tertiary/aromatic N) is 1. The van der Waals surface area contributed by atoms with Crippen LogP contribution in [0, 0.1) is 5.92 Å². The summed E-state index contributed by atoms with van der Waals surface area (Å²) in [6.07, 6.45) is 8.25. The van der Waals surface area contributed by atoms with Crippen molar-refractivity contribution in [1.29, 1.82) is 0 Å². The molecule has 1 fully saturated rings. The molecule has 2 nitrogen and oxygen atoms in total. The van der Waals surface area contributed by atoms with Crippen molar-refractivity contribution in [2.75, 3.05) is 13.6 Å². The zero-order valence-corrected chi connectivity index (χ0v) is 13.2. The van der Waals surface area contributed by atoms with Gasteiger partial charge in [-0.25, -0.2) is 0 Å². The van der Waals surface area contributed by atoms with Crippen LogP contribution in [0.25, 0.3) is 0 Å². The molecule has 0 bridgehead atoms. The zero-order valence-electron chi connectivity index (χ0n) is 13.2. The lowest BCUT2D eigenvalue weighted by atomic mass is 9.85. The highest BCUT2D eigenvalue weighted by Crippen LogP contribution is 2.26. The van der Waals surface area contributed by atoms with Gasteiger partial charge in [-0.15, -0.1) is 0 Å². The van der Waals surface area contributed by atoms with Gasteiger partial charge in [0.15, 0.2) is 0 Å². The van der Waals surface area contributed by atoms with Crippen molar-refractivity contribution in [1.82, 2.24) is 10.2 Å². The molecule has 0 aromatic carbocycles. The fraction of sp³-hybridized carbons (Fsp3) is 1.00. The molecule has 4 unspecified atom stereocenters. The highest BCUT2D eigenvalue weighted by molar-refractivity contribution is 4.89. The maximum atomic E-state index is 3.48. The van der Waals surface area contributed by atoms with Crippen LogP contribution in [0.1, 0.15) is 66.2 Å². The number of likely N-dealkylation sites (tertiary alicyclic amines) is 1. The van der Waals surface area contributed by atoms with Crippen LogP contribution in [-0.2, 0) is 0 Å². The van der Waals surface area contributed by atoms with Crippen LogP contribution in [0.3, 0.4) is 0 Å². The molecule has 1 heterocycles. The lowest BCUT2D eigenvalue weighted by molar-refractivity contribution is 0.0509. The molecule has 1 aliphatic rings. The van der Waals surface area contributed by atoms with Crippen LogP contribution in [-0.4, -0.2) is 36.6 Å². The summed E-state index contributed by atoms with van der Waals surface area (Å²) in [5.74, 6) is 0.766. The number of hydrogen-bond acceptors (Lipinski definition) is 2. The normalized spacial score (nSPS) is 31.5. The number of rotatable bonds is 7. The summed E-state index contributed by atoms with van der Waals surface area (Å²) in [4.78, 5) is 2.74. The van der Waals surface area contributed by atoms with E-state index in [0.717, 1.165) is 18.0 Å². The van der Waals surface area contributed by atoms with E-state index in [1.165, 1.54) is 45.1 Å². The van der Waals surface area contributed by atoms with Gasteiger partial charge in [0.25, 0.3) is 0 Å². The molecule has 1 rings (SSSR count). The first-order valence-corrected chi connectivity index (χ1v) is 8.04. The van der Waals surface area contributed by atoms with Crippen LogP contribution in [0.4, 0.5) is 0 Å². The van der Waals surface area contributed by atoms with Gasteiger partial charge >= 0.3 is 0 Å². The molecular weight excluding hydrogens is 220 g/mol. The van der Waals surface area contributed by atoms with Gasteiger partial charge in [0, 0.05) is 24.7 Å². The second kappa shape index (κ2) is 8.16. The molecule has 2 heteroatoms. The van der Waals surface area contributed by atoms with E-state index >= 15 is 0 Å². The Morgan fingerprint density at radius 1 is 1.22 bits per heavy atom. The highest BCUT2D eigenvalue weighted by Gasteiger charge is 2.33. The first-order chi connectivity index (χ1) is 8.61. The summed E-state index contributed by atoms with van der Waals surface area (Å²) < 4.78 is 0. The quantitative estimate of drug-likeness (QED) is 0.698. The monoisotopic (exact) mass is 254 g/mol. The van der Waals surface area contributed by atoms with Gasteiger partial charge in [-0.2, -0.15) is 0 Å². The van der Waals surface area contributed by atoms with Crippen molar-refractivity contribution < 1.29 is 0 Å². The van der Waals surface area contributed by atoms with Gasteiger partial charge in [0.2, 0.25) is 0 Å². The van der Waals surface area contributed by atoms with E-state index in [2.05, 4.69) is 45.0 Å². The van der Waals surface area contributed by atoms with E-state index in [1.54, 1.807) is 0 Å².